The van der Waals surface area contributed by atoms with Crippen molar-refractivity contribution in [2.45, 2.75) is 44.1 Å². The van der Waals surface area contributed by atoms with Gasteiger partial charge >= 0.3 is 0 Å². The Bertz CT molecular complexity index is 939. The van der Waals surface area contributed by atoms with E-state index in [4.69, 9.17) is 9.47 Å². The molecule has 0 N–H and O–H groups in total. The van der Waals surface area contributed by atoms with Crippen LogP contribution in [0, 0.1) is 6.92 Å². The highest BCUT2D eigenvalue weighted by Gasteiger charge is 2.44. The molecular weight excluding hydrogens is 380 g/mol. The van der Waals surface area contributed by atoms with Crippen molar-refractivity contribution in [1.82, 2.24) is 9.47 Å². The van der Waals surface area contributed by atoms with Gasteiger partial charge in [-0.2, -0.15) is 0 Å². The summed E-state index contributed by atoms with van der Waals surface area (Å²) in [5, 5.41) is 0. The summed E-state index contributed by atoms with van der Waals surface area (Å²) in [4.78, 5) is 27.7. The van der Waals surface area contributed by atoms with Crippen molar-refractivity contribution < 1.29 is 14.3 Å². The van der Waals surface area contributed by atoms with E-state index >= 15 is 0 Å². The minimum absolute atomic E-state index is 0.0166. The van der Waals surface area contributed by atoms with Crippen molar-refractivity contribution in [2.75, 3.05) is 26.3 Å². The predicted octanol–water partition coefficient (Wildman–Crippen LogP) is 2.81. The molecule has 2 fully saturated rings. The number of amides is 1. The van der Waals surface area contributed by atoms with Crippen LogP contribution in [-0.4, -0.2) is 47.8 Å². The number of nitrogens with zero attached hydrogens (tertiary/aromatic N) is 2. The summed E-state index contributed by atoms with van der Waals surface area (Å²) >= 11 is 0. The number of ether oxygens (including phenoxy) is 2. The van der Waals surface area contributed by atoms with E-state index in [1.807, 2.05) is 36.1 Å². The molecule has 1 aromatic heterocycles. The van der Waals surface area contributed by atoms with Gasteiger partial charge in [0.25, 0.3) is 5.56 Å². The quantitative estimate of drug-likeness (QED) is 0.778. The van der Waals surface area contributed by atoms with Gasteiger partial charge in [0.2, 0.25) is 5.91 Å². The van der Waals surface area contributed by atoms with Gasteiger partial charge < -0.3 is 18.9 Å². The van der Waals surface area contributed by atoms with Crippen LogP contribution in [0.2, 0.25) is 0 Å². The maximum atomic E-state index is 13.7. The molecule has 0 saturated carbocycles. The second kappa shape index (κ2) is 8.64. The molecule has 3 heterocycles. The Labute approximate surface area is 177 Å². The average molecular weight is 411 g/mol. The standard InChI is InChI=1S/C24H30N2O4/c1-18-16-21(17-22(27)25(18)2)30-20-8-12-26(13-9-20)23(28)24(10-14-29-15-11-24)19-6-4-3-5-7-19/h3-7,16-17,20H,8-15H2,1-2H3. The van der Waals surface area contributed by atoms with E-state index in [1.54, 1.807) is 11.6 Å². The van der Waals surface area contributed by atoms with E-state index < -0.39 is 5.41 Å². The summed E-state index contributed by atoms with van der Waals surface area (Å²) in [5.74, 6) is 0.824. The normalized spacial score (nSPS) is 19.5. The van der Waals surface area contributed by atoms with Crippen LogP contribution in [0.5, 0.6) is 5.75 Å². The molecule has 2 aliphatic rings. The molecule has 6 nitrogen and oxygen atoms in total. The molecule has 2 aromatic rings. The van der Waals surface area contributed by atoms with Gasteiger partial charge in [-0.15, -0.1) is 0 Å². The van der Waals surface area contributed by atoms with Gasteiger partial charge in [-0.3, -0.25) is 9.59 Å². The second-order valence-electron chi connectivity index (χ2n) is 8.40. The van der Waals surface area contributed by atoms with Crippen LogP contribution in [0.3, 0.4) is 0 Å². The van der Waals surface area contributed by atoms with Crippen LogP contribution < -0.4 is 10.3 Å². The van der Waals surface area contributed by atoms with E-state index in [0.717, 1.165) is 36.9 Å². The number of carbonyl (C=O) groups excluding carboxylic acids is 1. The number of pyridine rings is 1. The first-order valence-corrected chi connectivity index (χ1v) is 10.8. The number of benzene rings is 1. The number of aryl methyl sites for hydroxylation is 1. The van der Waals surface area contributed by atoms with Crippen molar-refractivity contribution in [2.24, 2.45) is 7.05 Å². The first kappa shape index (κ1) is 20.7. The Morgan fingerprint density at radius 1 is 1.10 bits per heavy atom. The Hall–Kier alpha value is -2.60. The molecule has 0 aliphatic carbocycles. The van der Waals surface area contributed by atoms with Gasteiger partial charge in [-0.05, 0) is 31.4 Å². The predicted molar refractivity (Wildman–Crippen MR) is 115 cm³/mol. The lowest BCUT2D eigenvalue weighted by Crippen LogP contribution is -2.53. The highest BCUT2D eigenvalue weighted by Crippen LogP contribution is 2.37. The molecule has 4 rings (SSSR count). The fraction of sp³-hybridized carbons (Fsp3) is 0.500. The van der Waals surface area contributed by atoms with Crippen LogP contribution in [0.4, 0.5) is 0 Å². The highest BCUT2D eigenvalue weighted by atomic mass is 16.5. The zero-order valence-electron chi connectivity index (χ0n) is 17.8. The monoisotopic (exact) mass is 410 g/mol. The summed E-state index contributed by atoms with van der Waals surface area (Å²) in [6.45, 7) is 4.46. The minimum Gasteiger partial charge on any atom is -0.490 e. The van der Waals surface area contributed by atoms with Crippen molar-refractivity contribution in [1.29, 1.82) is 0 Å². The third-order valence-electron chi connectivity index (χ3n) is 6.59. The molecule has 0 bridgehead atoms. The maximum Gasteiger partial charge on any atom is 0.254 e. The second-order valence-corrected chi connectivity index (χ2v) is 8.40. The largest absolute Gasteiger partial charge is 0.490 e. The van der Waals surface area contributed by atoms with Crippen LogP contribution in [0.1, 0.15) is 36.9 Å². The lowest BCUT2D eigenvalue weighted by Gasteiger charge is -2.42. The van der Waals surface area contributed by atoms with Gasteiger partial charge in [0, 0.05) is 58.0 Å². The molecule has 1 amide bonds. The maximum absolute atomic E-state index is 13.7. The van der Waals surface area contributed by atoms with Gasteiger partial charge in [0.05, 0.1) is 5.41 Å². The fourth-order valence-electron chi connectivity index (χ4n) is 4.58. The van der Waals surface area contributed by atoms with E-state index in [1.165, 1.54) is 6.07 Å². The summed E-state index contributed by atoms with van der Waals surface area (Å²) in [7, 11) is 1.75. The molecule has 30 heavy (non-hydrogen) atoms. The fourth-order valence-corrected chi connectivity index (χ4v) is 4.58. The number of likely N-dealkylation sites (tertiary alicyclic amines) is 1. The van der Waals surface area contributed by atoms with Crippen LogP contribution >= 0.6 is 0 Å². The summed E-state index contributed by atoms with van der Waals surface area (Å²) in [5.41, 5.74) is 1.40. The van der Waals surface area contributed by atoms with E-state index in [9.17, 15) is 9.59 Å². The first-order valence-electron chi connectivity index (χ1n) is 10.8. The highest BCUT2D eigenvalue weighted by molar-refractivity contribution is 5.88. The first-order chi connectivity index (χ1) is 14.5. The minimum atomic E-state index is -0.490. The lowest BCUT2D eigenvalue weighted by molar-refractivity contribution is -0.143. The number of carbonyl (C=O) groups is 1. The van der Waals surface area contributed by atoms with E-state index in [-0.39, 0.29) is 17.6 Å². The van der Waals surface area contributed by atoms with Crippen molar-refractivity contribution in [3.63, 3.8) is 0 Å². The SMILES string of the molecule is Cc1cc(OC2CCN(C(=O)C3(c4ccccc4)CCOCC3)CC2)cc(=O)n1C. The van der Waals surface area contributed by atoms with Crippen molar-refractivity contribution in [3.05, 3.63) is 64.1 Å². The number of rotatable bonds is 4. The van der Waals surface area contributed by atoms with Gasteiger partial charge in [-0.25, -0.2) is 0 Å². The van der Waals surface area contributed by atoms with Gasteiger partial charge in [0.1, 0.15) is 11.9 Å². The van der Waals surface area contributed by atoms with Gasteiger partial charge in [0.15, 0.2) is 0 Å². The molecule has 2 saturated heterocycles. The third kappa shape index (κ3) is 4.01. The Balaban J connectivity index is 1.44. The summed E-state index contributed by atoms with van der Waals surface area (Å²) in [6, 6.07) is 13.6. The number of hydrogen-bond acceptors (Lipinski definition) is 4. The molecule has 0 unspecified atom stereocenters. The topological polar surface area (TPSA) is 60.8 Å². The zero-order valence-corrected chi connectivity index (χ0v) is 17.8. The summed E-state index contributed by atoms with van der Waals surface area (Å²) in [6.07, 6.45) is 2.99. The Morgan fingerprint density at radius 3 is 2.40 bits per heavy atom. The van der Waals surface area contributed by atoms with Crippen molar-refractivity contribution in [3.8, 4) is 5.75 Å². The van der Waals surface area contributed by atoms with Crippen LogP contribution in [0.25, 0.3) is 0 Å². The number of aromatic nitrogens is 1. The molecule has 0 spiro atoms. The van der Waals surface area contributed by atoms with E-state index in [2.05, 4.69) is 12.1 Å². The molecule has 1 aromatic carbocycles. The van der Waals surface area contributed by atoms with E-state index in [0.29, 0.717) is 32.1 Å². The molecule has 0 radical (unpaired) electrons. The molecule has 2 aliphatic heterocycles. The number of hydrogen-bond donors (Lipinski definition) is 0. The third-order valence-corrected chi connectivity index (χ3v) is 6.59. The average Bonchev–Trinajstić information content (AvgIpc) is 2.78. The Kier molecular flexibility index (Phi) is 5.95. The smallest absolute Gasteiger partial charge is 0.254 e. The van der Waals surface area contributed by atoms with Crippen molar-refractivity contribution >= 4 is 5.91 Å². The zero-order chi connectivity index (χ0) is 21.1. The lowest BCUT2D eigenvalue weighted by atomic mass is 9.72. The molecular formula is C24H30N2O4. The Morgan fingerprint density at radius 2 is 1.77 bits per heavy atom. The molecule has 6 heteroatoms. The van der Waals surface area contributed by atoms with Crippen LogP contribution in [-0.2, 0) is 22.0 Å². The molecule has 160 valence electrons. The number of piperidine rings is 1. The molecule has 0 atom stereocenters. The summed E-state index contributed by atoms with van der Waals surface area (Å²) < 4.78 is 13.3. The van der Waals surface area contributed by atoms with Gasteiger partial charge in [-0.1, -0.05) is 30.3 Å². The van der Waals surface area contributed by atoms with Crippen LogP contribution in [0.15, 0.2) is 47.3 Å².